The number of furan rings is 1. The molecule has 0 saturated heterocycles. The minimum Gasteiger partial charge on any atom is -0.454 e. The molecule has 0 atom stereocenters. The van der Waals surface area contributed by atoms with Gasteiger partial charge in [0, 0.05) is 22.0 Å². The van der Waals surface area contributed by atoms with Crippen LogP contribution in [0.1, 0.15) is 44.5 Å². The van der Waals surface area contributed by atoms with Crippen molar-refractivity contribution in [1.29, 1.82) is 0 Å². The highest BCUT2D eigenvalue weighted by Gasteiger charge is 2.46. The molecule has 0 fully saturated rings. The van der Waals surface area contributed by atoms with E-state index in [4.69, 9.17) is 4.42 Å². The van der Waals surface area contributed by atoms with Crippen LogP contribution in [0.4, 0.5) is 17.1 Å². The molecule has 2 aliphatic carbocycles. The highest BCUT2D eigenvalue weighted by atomic mass is 16.3. The molecule has 2 nitrogen and oxygen atoms in total. The Balaban J connectivity index is 1.08. The third-order valence-corrected chi connectivity index (χ3v) is 14.1. The monoisotopic (exact) mass is 829 g/mol. The molecule has 0 saturated carbocycles. The summed E-state index contributed by atoms with van der Waals surface area (Å²) in [5.41, 5.74) is 22.3. The van der Waals surface area contributed by atoms with Gasteiger partial charge in [-0.1, -0.05) is 206 Å². The van der Waals surface area contributed by atoms with Gasteiger partial charge in [0.1, 0.15) is 5.58 Å². The average Bonchev–Trinajstić information content (AvgIpc) is 3.90. The Morgan fingerprint density at radius 1 is 0.338 bits per heavy atom. The first-order chi connectivity index (χ1) is 32.3. The number of nitrogens with zero attached hydrogens (tertiary/aromatic N) is 1. The van der Waals surface area contributed by atoms with Gasteiger partial charge in [0.25, 0.3) is 0 Å². The largest absolute Gasteiger partial charge is 0.454 e. The number of fused-ring (bicyclic) bond motifs is 12. The molecule has 0 spiro atoms. The molecule has 0 radical (unpaired) electrons. The Hall–Kier alpha value is -8.20. The van der Waals surface area contributed by atoms with Crippen molar-refractivity contribution >= 4 is 39.0 Å². The highest BCUT2D eigenvalue weighted by molar-refractivity contribution is 6.11. The maximum atomic E-state index is 6.90. The van der Waals surface area contributed by atoms with Crippen molar-refractivity contribution in [3.05, 3.63) is 281 Å². The third kappa shape index (κ3) is 5.74. The second-order valence-corrected chi connectivity index (χ2v) is 17.5. The molecule has 10 aromatic carbocycles. The van der Waals surface area contributed by atoms with Crippen molar-refractivity contribution in [3.63, 3.8) is 0 Å². The number of para-hydroxylation sites is 2. The molecule has 2 heteroatoms. The Morgan fingerprint density at radius 2 is 0.815 bits per heavy atom. The van der Waals surface area contributed by atoms with Crippen molar-refractivity contribution < 1.29 is 4.42 Å². The molecular formula is C63H43NO. The maximum Gasteiger partial charge on any atom is 0.159 e. The fourth-order valence-corrected chi connectivity index (χ4v) is 11.3. The van der Waals surface area contributed by atoms with Gasteiger partial charge in [0.2, 0.25) is 0 Å². The van der Waals surface area contributed by atoms with Crippen LogP contribution in [0.5, 0.6) is 0 Å². The van der Waals surface area contributed by atoms with E-state index in [1.54, 1.807) is 0 Å². The molecule has 0 aliphatic heterocycles. The molecule has 11 aromatic rings. The van der Waals surface area contributed by atoms with Crippen molar-refractivity contribution in [2.45, 2.75) is 18.3 Å². The predicted octanol–water partition coefficient (Wildman–Crippen LogP) is 16.2. The summed E-state index contributed by atoms with van der Waals surface area (Å²) in [6, 6.07) is 87.2. The summed E-state index contributed by atoms with van der Waals surface area (Å²) in [4.78, 5) is 2.46. The zero-order valence-corrected chi connectivity index (χ0v) is 35.8. The zero-order valence-electron chi connectivity index (χ0n) is 35.8. The maximum absolute atomic E-state index is 6.90. The van der Waals surface area contributed by atoms with E-state index >= 15 is 0 Å². The Kier molecular flexibility index (Phi) is 8.60. The number of benzene rings is 10. The van der Waals surface area contributed by atoms with Crippen molar-refractivity contribution in [2.75, 3.05) is 4.90 Å². The van der Waals surface area contributed by atoms with Gasteiger partial charge in [0.05, 0.1) is 16.8 Å². The third-order valence-electron chi connectivity index (χ3n) is 14.1. The second-order valence-electron chi connectivity index (χ2n) is 17.5. The first-order valence-electron chi connectivity index (χ1n) is 22.7. The fourth-order valence-electron chi connectivity index (χ4n) is 11.3. The van der Waals surface area contributed by atoms with E-state index in [1.807, 2.05) is 0 Å². The van der Waals surface area contributed by atoms with E-state index in [0.29, 0.717) is 0 Å². The van der Waals surface area contributed by atoms with E-state index in [2.05, 4.69) is 241 Å². The van der Waals surface area contributed by atoms with Crippen LogP contribution >= 0.6 is 0 Å². The molecule has 0 N–H and O–H groups in total. The molecule has 2 aliphatic rings. The molecule has 306 valence electrons. The van der Waals surface area contributed by atoms with E-state index < -0.39 is 5.41 Å². The van der Waals surface area contributed by atoms with Gasteiger partial charge < -0.3 is 9.32 Å². The summed E-state index contributed by atoms with van der Waals surface area (Å²) in [5.74, 6) is 0. The lowest BCUT2D eigenvalue weighted by Gasteiger charge is -2.35. The predicted molar refractivity (Wildman–Crippen MR) is 269 cm³/mol. The lowest BCUT2D eigenvalue weighted by Crippen LogP contribution is -2.28. The number of hydrogen-bond acceptors (Lipinski definition) is 2. The topological polar surface area (TPSA) is 16.4 Å². The highest BCUT2D eigenvalue weighted by Crippen LogP contribution is 2.57. The summed E-state index contributed by atoms with van der Waals surface area (Å²) in [6.45, 7) is 0. The Labute approximate surface area is 379 Å². The van der Waals surface area contributed by atoms with E-state index in [1.165, 1.54) is 77.9 Å². The number of rotatable bonds is 5. The van der Waals surface area contributed by atoms with E-state index in [9.17, 15) is 0 Å². The molecule has 1 heterocycles. The zero-order chi connectivity index (χ0) is 42.9. The summed E-state index contributed by atoms with van der Waals surface area (Å²) in [6.07, 6.45) is 1.59. The summed E-state index contributed by atoms with van der Waals surface area (Å²) in [7, 11) is 0. The molecule has 1 aromatic heterocycles. The number of hydrogen-bond donors (Lipinski definition) is 0. The molecule has 0 unspecified atom stereocenters. The van der Waals surface area contributed by atoms with Gasteiger partial charge in [-0.05, 0) is 115 Å². The Morgan fingerprint density at radius 3 is 1.51 bits per heavy atom. The fraction of sp³-hybridized carbons (Fsp3) is 0.0476. The first-order valence-corrected chi connectivity index (χ1v) is 22.7. The van der Waals surface area contributed by atoms with Crippen LogP contribution in [0.2, 0.25) is 0 Å². The van der Waals surface area contributed by atoms with Gasteiger partial charge in [-0.2, -0.15) is 0 Å². The smallest absolute Gasteiger partial charge is 0.159 e. The van der Waals surface area contributed by atoms with Gasteiger partial charge in [-0.15, -0.1) is 0 Å². The summed E-state index contributed by atoms with van der Waals surface area (Å²) in [5, 5.41) is 2.21. The van der Waals surface area contributed by atoms with Crippen LogP contribution < -0.4 is 4.90 Å². The van der Waals surface area contributed by atoms with Crippen molar-refractivity contribution in [1.82, 2.24) is 0 Å². The van der Waals surface area contributed by atoms with Gasteiger partial charge >= 0.3 is 0 Å². The van der Waals surface area contributed by atoms with Crippen LogP contribution in [0.15, 0.2) is 241 Å². The minimum atomic E-state index is -0.502. The van der Waals surface area contributed by atoms with Crippen molar-refractivity contribution in [2.24, 2.45) is 0 Å². The van der Waals surface area contributed by atoms with Gasteiger partial charge in [-0.25, -0.2) is 0 Å². The number of anilines is 3. The molecule has 0 amide bonds. The SMILES string of the molecule is c1ccc(C2(c3ccc(N(c4cccc5c4-c4ccccc4Cc4ccccc4-c4ccccc4C5)c4cccc5c4oc4ccccc45)cc3)c3ccccc3-c3ccccc32)cc1. The summed E-state index contributed by atoms with van der Waals surface area (Å²) < 4.78 is 6.90. The van der Waals surface area contributed by atoms with Crippen LogP contribution in [0.3, 0.4) is 0 Å². The van der Waals surface area contributed by atoms with Crippen LogP contribution in [-0.4, -0.2) is 0 Å². The van der Waals surface area contributed by atoms with Crippen LogP contribution in [0.25, 0.3) is 55.3 Å². The van der Waals surface area contributed by atoms with Crippen LogP contribution in [-0.2, 0) is 18.3 Å². The van der Waals surface area contributed by atoms with Crippen LogP contribution in [0, 0.1) is 0 Å². The average molecular weight is 830 g/mol. The second kappa shape index (κ2) is 15.0. The molecular weight excluding hydrogens is 787 g/mol. The van der Waals surface area contributed by atoms with E-state index in [-0.39, 0.29) is 0 Å². The standard InChI is InChI=1S/C63H43NO/c1-2-22-46(23-3-1)63(56-31-13-10-27-52(56)53-28-11-14-32-57(53)63)47-36-38-48(39-37-47)64(59-34-17-30-55-54-29-12-15-35-60(54)65-62(55)59)58-33-16-21-45-41-43-19-5-8-25-50(43)49-24-7-4-18-42(49)40-44-20-6-9-26-51(44)61(45)58/h1-39H,40-41H2. The first kappa shape index (κ1) is 37.4. The molecule has 13 rings (SSSR count). The molecule has 0 bridgehead atoms. The Bertz CT molecular complexity index is 3570. The van der Waals surface area contributed by atoms with E-state index in [0.717, 1.165) is 51.8 Å². The minimum absolute atomic E-state index is 0.502. The normalized spacial score (nSPS) is 13.2. The molecule has 65 heavy (non-hydrogen) atoms. The quantitative estimate of drug-likeness (QED) is 0.172. The lowest BCUT2D eigenvalue weighted by atomic mass is 9.68. The lowest BCUT2D eigenvalue weighted by molar-refractivity contribution is 0.669. The van der Waals surface area contributed by atoms with Crippen molar-refractivity contribution in [3.8, 4) is 33.4 Å². The summed E-state index contributed by atoms with van der Waals surface area (Å²) >= 11 is 0. The van der Waals surface area contributed by atoms with Gasteiger partial charge in [-0.3, -0.25) is 0 Å². The van der Waals surface area contributed by atoms with Gasteiger partial charge in [0.15, 0.2) is 5.58 Å².